The lowest BCUT2D eigenvalue weighted by Gasteiger charge is -2.23. The van der Waals surface area contributed by atoms with Crippen LogP contribution in [0.2, 0.25) is 0 Å². The molecule has 8 heteroatoms. The molecule has 3 aromatic carbocycles. The maximum absolute atomic E-state index is 13.7. The number of benzene rings is 3. The van der Waals surface area contributed by atoms with Gasteiger partial charge in [-0.1, -0.05) is 47.3 Å². The van der Waals surface area contributed by atoms with Gasteiger partial charge in [-0.25, -0.2) is 9.37 Å². The molecule has 0 spiro atoms. The van der Waals surface area contributed by atoms with E-state index in [-0.39, 0.29) is 23.9 Å². The van der Waals surface area contributed by atoms with Gasteiger partial charge in [-0.3, -0.25) is 4.79 Å². The molecule has 0 saturated heterocycles. The zero-order valence-corrected chi connectivity index (χ0v) is 23.1. The van der Waals surface area contributed by atoms with E-state index in [1.165, 1.54) is 23.2 Å². The summed E-state index contributed by atoms with van der Waals surface area (Å²) in [7, 11) is 3.91. The third kappa shape index (κ3) is 5.80. The van der Waals surface area contributed by atoms with Crippen molar-refractivity contribution < 1.29 is 9.13 Å². The van der Waals surface area contributed by atoms with E-state index in [9.17, 15) is 9.18 Å². The van der Waals surface area contributed by atoms with Gasteiger partial charge in [0, 0.05) is 41.8 Å². The average Bonchev–Trinajstić information content (AvgIpc) is 2.92. The third-order valence-electron chi connectivity index (χ3n) is 6.91. The van der Waals surface area contributed by atoms with Gasteiger partial charge in [-0.15, -0.1) is 0 Å². The van der Waals surface area contributed by atoms with Gasteiger partial charge in [-0.2, -0.15) is 9.78 Å². The average molecular weight is 577 g/mol. The summed E-state index contributed by atoms with van der Waals surface area (Å²) in [6.07, 6.45) is 7.07. The van der Waals surface area contributed by atoms with Crippen LogP contribution in [0.15, 0.2) is 75.0 Å². The molecule has 1 fully saturated rings. The fourth-order valence-electron chi connectivity index (χ4n) is 4.84. The van der Waals surface area contributed by atoms with E-state index in [2.05, 4.69) is 21.0 Å². The van der Waals surface area contributed by atoms with Crippen LogP contribution in [0.4, 0.5) is 10.1 Å². The predicted octanol–water partition coefficient (Wildman–Crippen LogP) is 6.87. The normalized spacial score (nSPS) is 14.3. The first-order chi connectivity index (χ1) is 18.4. The van der Waals surface area contributed by atoms with Crippen LogP contribution in [-0.4, -0.2) is 30.0 Å². The Balaban J connectivity index is 1.56. The zero-order chi connectivity index (χ0) is 26.6. The van der Waals surface area contributed by atoms with Gasteiger partial charge in [0.2, 0.25) is 0 Å². The maximum Gasteiger partial charge on any atom is 0.282 e. The smallest absolute Gasteiger partial charge is 0.282 e. The molecular weight excluding hydrogens is 547 g/mol. The first-order valence-electron chi connectivity index (χ1n) is 12.8. The van der Waals surface area contributed by atoms with Gasteiger partial charge in [0.1, 0.15) is 24.0 Å². The monoisotopic (exact) mass is 576 g/mol. The van der Waals surface area contributed by atoms with Crippen molar-refractivity contribution in [2.45, 2.75) is 44.6 Å². The van der Waals surface area contributed by atoms with Crippen molar-refractivity contribution in [3.8, 4) is 5.75 Å². The Hall–Kier alpha value is -3.52. The molecule has 0 amide bonds. The summed E-state index contributed by atoms with van der Waals surface area (Å²) >= 11 is 3.47. The molecule has 5 rings (SSSR count). The molecule has 1 saturated carbocycles. The number of anilines is 1. The van der Waals surface area contributed by atoms with Crippen LogP contribution in [0, 0.1) is 5.82 Å². The molecule has 0 atom stereocenters. The predicted molar refractivity (Wildman–Crippen MR) is 154 cm³/mol. The number of rotatable bonds is 7. The van der Waals surface area contributed by atoms with Gasteiger partial charge in [-0.05, 0) is 60.9 Å². The number of aromatic nitrogens is 2. The fraction of sp³-hybridized carbons (Fsp3) is 0.300. The molecule has 38 heavy (non-hydrogen) atoms. The number of hydrogen-bond acceptors (Lipinski definition) is 5. The molecule has 0 unspecified atom stereocenters. The summed E-state index contributed by atoms with van der Waals surface area (Å²) in [5.41, 5.74) is 2.87. The number of hydrogen-bond donors (Lipinski definition) is 0. The molecular formula is C30H30BrFN4O2. The third-order valence-corrected chi connectivity index (χ3v) is 7.41. The molecule has 1 aromatic heterocycles. The summed E-state index contributed by atoms with van der Waals surface area (Å²) in [4.78, 5) is 20.5. The lowest BCUT2D eigenvalue weighted by Crippen LogP contribution is -2.25. The standard InChI is InChI=1S/C30H30BrFN4O2/c1-35(2)25-13-11-22(28(17-25)38-19-20-7-6-10-24(32)15-20)18-33-36-29(21-8-4-3-5-9-21)34-27-14-12-23(31)16-26(27)30(36)37/h6-7,10-18,21H,3-5,8-9,19H2,1-2H3. The van der Waals surface area contributed by atoms with Crippen LogP contribution in [0.25, 0.3) is 10.9 Å². The van der Waals surface area contributed by atoms with E-state index in [1.807, 2.05) is 55.4 Å². The highest BCUT2D eigenvalue weighted by Gasteiger charge is 2.22. The number of nitrogens with zero attached hydrogens (tertiary/aromatic N) is 4. The quantitative estimate of drug-likeness (QED) is 0.225. The minimum Gasteiger partial charge on any atom is -0.488 e. The number of fused-ring (bicyclic) bond motifs is 1. The van der Waals surface area contributed by atoms with E-state index in [0.717, 1.165) is 41.4 Å². The Labute approximate surface area is 229 Å². The highest BCUT2D eigenvalue weighted by molar-refractivity contribution is 9.10. The van der Waals surface area contributed by atoms with Crippen molar-refractivity contribution in [2.24, 2.45) is 5.10 Å². The molecule has 0 aliphatic heterocycles. The molecule has 1 aliphatic rings. The molecule has 4 aromatic rings. The Morgan fingerprint density at radius 2 is 1.92 bits per heavy atom. The SMILES string of the molecule is CN(C)c1ccc(C=Nn2c(C3CCCCC3)nc3ccc(Br)cc3c2=O)c(OCc2cccc(F)c2)c1. The van der Waals surface area contributed by atoms with E-state index < -0.39 is 0 Å². The second-order valence-corrected chi connectivity index (χ2v) is 10.8. The van der Waals surface area contributed by atoms with E-state index in [1.54, 1.807) is 18.3 Å². The van der Waals surface area contributed by atoms with Gasteiger partial charge < -0.3 is 9.64 Å². The van der Waals surface area contributed by atoms with Gasteiger partial charge in [0.05, 0.1) is 17.1 Å². The van der Waals surface area contributed by atoms with E-state index >= 15 is 0 Å². The largest absolute Gasteiger partial charge is 0.488 e. The van der Waals surface area contributed by atoms with Crippen LogP contribution < -0.4 is 15.2 Å². The highest BCUT2D eigenvalue weighted by Crippen LogP contribution is 2.32. The Morgan fingerprint density at radius 1 is 1.11 bits per heavy atom. The van der Waals surface area contributed by atoms with Crippen LogP contribution >= 0.6 is 15.9 Å². The summed E-state index contributed by atoms with van der Waals surface area (Å²) < 4.78 is 22.1. The van der Waals surface area contributed by atoms with Gasteiger partial charge >= 0.3 is 0 Å². The minimum atomic E-state index is -0.306. The van der Waals surface area contributed by atoms with Gasteiger partial charge in [0.25, 0.3) is 5.56 Å². The van der Waals surface area contributed by atoms with Crippen LogP contribution in [0.1, 0.15) is 55.0 Å². The van der Waals surface area contributed by atoms with Crippen molar-refractivity contribution >= 4 is 38.7 Å². The van der Waals surface area contributed by atoms with Crippen molar-refractivity contribution in [1.29, 1.82) is 0 Å². The maximum atomic E-state index is 13.7. The first-order valence-corrected chi connectivity index (χ1v) is 13.6. The van der Waals surface area contributed by atoms with Gasteiger partial charge in [0.15, 0.2) is 0 Å². The first kappa shape index (κ1) is 26.1. The molecule has 196 valence electrons. The number of halogens is 2. The van der Waals surface area contributed by atoms with Crippen molar-refractivity contribution in [1.82, 2.24) is 9.66 Å². The minimum absolute atomic E-state index is 0.182. The van der Waals surface area contributed by atoms with Crippen molar-refractivity contribution in [3.63, 3.8) is 0 Å². The fourth-order valence-corrected chi connectivity index (χ4v) is 5.20. The molecule has 0 radical (unpaired) electrons. The second kappa shape index (κ2) is 11.5. The molecule has 0 N–H and O–H groups in total. The summed E-state index contributed by atoms with van der Waals surface area (Å²) in [5, 5.41) is 5.20. The Bertz CT molecular complexity index is 1540. The van der Waals surface area contributed by atoms with E-state index in [0.29, 0.717) is 28.0 Å². The zero-order valence-electron chi connectivity index (χ0n) is 21.5. The van der Waals surface area contributed by atoms with E-state index in [4.69, 9.17) is 9.72 Å². The summed E-state index contributed by atoms with van der Waals surface area (Å²) in [6, 6.07) is 17.7. The lowest BCUT2D eigenvalue weighted by atomic mass is 9.88. The molecule has 1 heterocycles. The Morgan fingerprint density at radius 3 is 2.68 bits per heavy atom. The van der Waals surface area contributed by atoms with Crippen molar-refractivity contribution in [3.05, 3.63) is 98.3 Å². The summed E-state index contributed by atoms with van der Waals surface area (Å²) in [5.74, 6) is 1.17. The van der Waals surface area contributed by atoms with Crippen molar-refractivity contribution in [2.75, 3.05) is 19.0 Å². The van der Waals surface area contributed by atoms with Crippen LogP contribution in [-0.2, 0) is 6.61 Å². The second-order valence-electron chi connectivity index (χ2n) is 9.86. The molecule has 0 bridgehead atoms. The van der Waals surface area contributed by atoms with Crippen LogP contribution in [0.3, 0.4) is 0 Å². The highest BCUT2D eigenvalue weighted by atomic mass is 79.9. The number of ether oxygens (including phenoxy) is 1. The summed E-state index contributed by atoms with van der Waals surface area (Å²) in [6.45, 7) is 0.203. The Kier molecular flexibility index (Phi) is 7.88. The van der Waals surface area contributed by atoms with Crippen LogP contribution in [0.5, 0.6) is 5.75 Å². The lowest BCUT2D eigenvalue weighted by molar-refractivity contribution is 0.305. The molecule has 6 nitrogen and oxygen atoms in total. The molecule has 1 aliphatic carbocycles. The topological polar surface area (TPSA) is 59.7 Å².